The molecule has 0 saturated carbocycles. The number of hydrogen-bond donors (Lipinski definition) is 0. The van der Waals surface area contributed by atoms with Crippen LogP contribution in [0.2, 0.25) is 0 Å². The fourth-order valence-electron chi connectivity index (χ4n) is 1.54. The third-order valence-corrected chi connectivity index (χ3v) is 2.39. The molecule has 0 aliphatic heterocycles. The Morgan fingerprint density at radius 3 is 2.50 bits per heavy atom. The van der Waals surface area contributed by atoms with Gasteiger partial charge < -0.3 is 9.40 Å². The second kappa shape index (κ2) is 6.03. The largest absolute Gasteiger partial charge is 0.576 e. The molecule has 3 rings (SSSR count). The van der Waals surface area contributed by atoms with E-state index in [0.717, 1.165) is 22.5 Å². The van der Waals surface area contributed by atoms with Crippen LogP contribution in [0.4, 0.5) is 0 Å². The molecule has 0 unspecified atom stereocenters. The first-order valence-corrected chi connectivity index (χ1v) is 5.19. The van der Waals surface area contributed by atoms with Crippen molar-refractivity contribution in [2.45, 2.75) is 0 Å². The molecular weight excluding hydrogens is 301 g/mol. The van der Waals surface area contributed by atoms with E-state index < -0.39 is 0 Å². The quantitative estimate of drug-likeness (QED) is 0.683. The van der Waals surface area contributed by atoms with Crippen LogP contribution in [0.1, 0.15) is 0 Å². The third-order valence-electron chi connectivity index (χ3n) is 2.39. The molecule has 1 radical (unpaired) electrons. The minimum atomic E-state index is 0. The predicted octanol–water partition coefficient (Wildman–Crippen LogP) is 3.00. The SMILES string of the molecule is [Y].[c-]1occc1-c1[c-]nc(-c2ccccn2)cc1. The summed E-state index contributed by atoms with van der Waals surface area (Å²) < 4.78 is 4.90. The zero-order valence-electron chi connectivity index (χ0n) is 9.50. The van der Waals surface area contributed by atoms with Gasteiger partial charge in [0, 0.05) is 50.3 Å². The van der Waals surface area contributed by atoms with Gasteiger partial charge in [0.1, 0.15) is 0 Å². The molecule has 0 bridgehead atoms. The second-order valence-corrected chi connectivity index (χ2v) is 3.51. The maximum Gasteiger partial charge on any atom is 0.0465 e. The minimum Gasteiger partial charge on any atom is -0.576 e. The monoisotopic (exact) mass is 309 g/mol. The van der Waals surface area contributed by atoms with Gasteiger partial charge in [-0.15, -0.1) is 6.07 Å². The predicted molar refractivity (Wildman–Crippen MR) is 62.8 cm³/mol. The van der Waals surface area contributed by atoms with E-state index >= 15 is 0 Å². The molecule has 0 spiro atoms. The number of furan rings is 1. The molecule has 85 valence electrons. The maximum atomic E-state index is 4.90. The van der Waals surface area contributed by atoms with Crippen LogP contribution in [0.3, 0.4) is 0 Å². The minimum absolute atomic E-state index is 0. The van der Waals surface area contributed by atoms with Crippen LogP contribution in [0.5, 0.6) is 0 Å². The van der Waals surface area contributed by atoms with Gasteiger partial charge in [0.25, 0.3) is 0 Å². The fraction of sp³-hybridized carbons (Fsp3) is 0. The number of hydrogen-bond acceptors (Lipinski definition) is 3. The number of aromatic nitrogens is 2. The molecule has 0 amide bonds. The number of nitrogens with zero attached hydrogens (tertiary/aromatic N) is 2. The van der Waals surface area contributed by atoms with E-state index in [1.807, 2.05) is 36.4 Å². The molecule has 3 heterocycles. The molecule has 0 fully saturated rings. The van der Waals surface area contributed by atoms with Crippen LogP contribution in [0.25, 0.3) is 22.5 Å². The molecule has 4 heteroatoms. The van der Waals surface area contributed by atoms with Gasteiger partial charge in [-0.25, -0.2) is 5.56 Å². The summed E-state index contributed by atoms with van der Waals surface area (Å²) in [6, 6.07) is 11.4. The Balaban J connectivity index is 0.00000120. The van der Waals surface area contributed by atoms with Crippen LogP contribution < -0.4 is 0 Å². The van der Waals surface area contributed by atoms with Gasteiger partial charge in [0.15, 0.2) is 0 Å². The van der Waals surface area contributed by atoms with Gasteiger partial charge in [-0.2, -0.15) is 17.7 Å². The summed E-state index contributed by atoms with van der Waals surface area (Å²) in [7, 11) is 0. The van der Waals surface area contributed by atoms with Crippen molar-refractivity contribution < 1.29 is 37.1 Å². The Bertz CT molecular complexity index is 592. The maximum absolute atomic E-state index is 4.90. The van der Waals surface area contributed by atoms with E-state index in [1.54, 1.807) is 12.5 Å². The summed E-state index contributed by atoms with van der Waals surface area (Å²) in [4.78, 5) is 8.49. The van der Waals surface area contributed by atoms with Crippen LogP contribution in [0, 0.1) is 12.5 Å². The Morgan fingerprint density at radius 2 is 1.89 bits per heavy atom. The molecule has 0 saturated heterocycles. The van der Waals surface area contributed by atoms with Crippen molar-refractivity contribution in [3.63, 3.8) is 0 Å². The van der Waals surface area contributed by atoms with Crippen molar-refractivity contribution >= 4 is 0 Å². The Labute approximate surface area is 130 Å². The smallest absolute Gasteiger partial charge is 0.0465 e. The summed E-state index contributed by atoms with van der Waals surface area (Å²) in [6.07, 6.45) is 9.03. The molecule has 0 atom stereocenters. The normalized spacial score (nSPS) is 9.78. The molecular formula is C14H8N2OY-2. The van der Waals surface area contributed by atoms with Crippen LogP contribution >= 0.6 is 0 Å². The Hall–Kier alpha value is -1.32. The molecule has 3 aromatic heterocycles. The van der Waals surface area contributed by atoms with E-state index in [0.29, 0.717) is 0 Å². The van der Waals surface area contributed by atoms with Crippen LogP contribution in [-0.4, -0.2) is 9.97 Å². The topological polar surface area (TPSA) is 38.9 Å². The van der Waals surface area contributed by atoms with Gasteiger partial charge in [0.05, 0.1) is 0 Å². The molecule has 0 aliphatic rings. The van der Waals surface area contributed by atoms with Crippen LogP contribution in [0.15, 0.2) is 53.3 Å². The fourth-order valence-corrected chi connectivity index (χ4v) is 1.54. The van der Waals surface area contributed by atoms with Gasteiger partial charge >= 0.3 is 0 Å². The van der Waals surface area contributed by atoms with E-state index in [9.17, 15) is 0 Å². The summed E-state index contributed by atoms with van der Waals surface area (Å²) in [6.45, 7) is 0. The summed E-state index contributed by atoms with van der Waals surface area (Å²) in [5.74, 6) is 0. The van der Waals surface area contributed by atoms with Gasteiger partial charge in [0.2, 0.25) is 0 Å². The second-order valence-electron chi connectivity index (χ2n) is 3.51. The van der Waals surface area contributed by atoms with Crippen molar-refractivity contribution in [1.29, 1.82) is 0 Å². The molecule has 0 aromatic carbocycles. The van der Waals surface area contributed by atoms with Crippen molar-refractivity contribution in [2.24, 2.45) is 0 Å². The average molecular weight is 309 g/mol. The first-order chi connectivity index (χ1) is 8.43. The first-order valence-electron chi connectivity index (χ1n) is 5.19. The van der Waals surface area contributed by atoms with E-state index in [4.69, 9.17) is 4.42 Å². The molecule has 3 aromatic rings. The van der Waals surface area contributed by atoms with Gasteiger partial charge in [-0.3, -0.25) is 4.98 Å². The van der Waals surface area contributed by atoms with Crippen molar-refractivity contribution in [3.05, 3.63) is 61.3 Å². The van der Waals surface area contributed by atoms with E-state index in [1.165, 1.54) is 0 Å². The van der Waals surface area contributed by atoms with Gasteiger partial charge in [-0.1, -0.05) is 12.3 Å². The molecule has 0 aliphatic carbocycles. The summed E-state index contributed by atoms with van der Waals surface area (Å²) in [5.41, 5.74) is 3.35. The van der Waals surface area contributed by atoms with E-state index in [2.05, 4.69) is 22.4 Å². The van der Waals surface area contributed by atoms with Crippen molar-refractivity contribution in [3.8, 4) is 22.5 Å². The Kier molecular flexibility index (Phi) is 4.40. The molecule has 0 N–H and O–H groups in total. The number of rotatable bonds is 2. The third kappa shape index (κ3) is 2.74. The zero-order valence-corrected chi connectivity index (χ0v) is 12.3. The molecule has 3 nitrogen and oxygen atoms in total. The standard InChI is InChI=1S/C14H8N2O.Y/c1-2-7-15-13(3-1)14-5-4-11(9-16-14)12-6-8-17-10-12;/h1-8H;/q-2;. The average Bonchev–Trinajstić information content (AvgIpc) is 2.94. The van der Waals surface area contributed by atoms with Crippen molar-refractivity contribution in [1.82, 2.24) is 9.97 Å². The van der Waals surface area contributed by atoms with E-state index in [-0.39, 0.29) is 32.7 Å². The molecule has 18 heavy (non-hydrogen) atoms. The zero-order chi connectivity index (χ0) is 11.5. The summed E-state index contributed by atoms with van der Waals surface area (Å²) in [5, 5.41) is 0. The van der Waals surface area contributed by atoms with Crippen LogP contribution in [-0.2, 0) is 32.7 Å². The Morgan fingerprint density at radius 1 is 0.944 bits per heavy atom. The summed E-state index contributed by atoms with van der Waals surface area (Å²) >= 11 is 0. The first kappa shape index (κ1) is 13.1. The number of pyridine rings is 2. The van der Waals surface area contributed by atoms with Crippen molar-refractivity contribution in [2.75, 3.05) is 0 Å². The van der Waals surface area contributed by atoms with Gasteiger partial charge in [-0.05, 0) is 24.7 Å².